The summed E-state index contributed by atoms with van der Waals surface area (Å²) in [7, 11) is 0. The molecule has 2 atom stereocenters. The van der Waals surface area contributed by atoms with Crippen LogP contribution in [-0.4, -0.2) is 59.0 Å². The van der Waals surface area contributed by atoms with Crippen LogP contribution in [0.5, 0.6) is 0 Å². The molecular formula is C11H21N3O3. The van der Waals surface area contributed by atoms with E-state index in [-0.39, 0.29) is 17.5 Å². The molecule has 2 unspecified atom stereocenters. The second-order valence-corrected chi connectivity index (χ2v) is 5.08. The summed E-state index contributed by atoms with van der Waals surface area (Å²) in [4.78, 5) is 2.12. The molecule has 0 radical (unpaired) electrons. The van der Waals surface area contributed by atoms with Crippen molar-refractivity contribution in [2.75, 3.05) is 26.2 Å². The molecule has 6 nitrogen and oxygen atoms in total. The summed E-state index contributed by atoms with van der Waals surface area (Å²) in [5.74, 6) is 0.221. The van der Waals surface area contributed by atoms with E-state index >= 15 is 0 Å². The Morgan fingerprint density at radius 2 is 2.41 bits per heavy atom. The summed E-state index contributed by atoms with van der Waals surface area (Å²) in [5, 5.41) is 21.3. The fourth-order valence-corrected chi connectivity index (χ4v) is 2.87. The number of piperidine rings is 1. The minimum Gasteiger partial charge on any atom is -0.409 e. The lowest BCUT2D eigenvalue weighted by Gasteiger charge is -2.46. The number of likely N-dealkylation sites (tertiary alicyclic amines) is 1. The van der Waals surface area contributed by atoms with Crippen LogP contribution in [0.25, 0.3) is 0 Å². The van der Waals surface area contributed by atoms with Gasteiger partial charge in [0.25, 0.3) is 0 Å². The van der Waals surface area contributed by atoms with Crippen molar-refractivity contribution in [1.29, 1.82) is 0 Å². The van der Waals surface area contributed by atoms with E-state index < -0.39 is 0 Å². The van der Waals surface area contributed by atoms with Crippen molar-refractivity contribution in [3.63, 3.8) is 0 Å². The Morgan fingerprint density at radius 1 is 1.59 bits per heavy atom. The van der Waals surface area contributed by atoms with Gasteiger partial charge in [0.15, 0.2) is 5.84 Å². The average molecular weight is 243 g/mol. The third-order valence-electron chi connectivity index (χ3n) is 3.60. The fourth-order valence-electron chi connectivity index (χ4n) is 2.87. The molecule has 2 fully saturated rings. The zero-order chi connectivity index (χ0) is 12.3. The van der Waals surface area contributed by atoms with Crippen molar-refractivity contribution in [2.45, 2.75) is 37.4 Å². The van der Waals surface area contributed by atoms with E-state index in [0.29, 0.717) is 19.6 Å². The van der Waals surface area contributed by atoms with Gasteiger partial charge in [0, 0.05) is 19.6 Å². The molecule has 2 saturated heterocycles. The number of oxime groups is 1. The number of nitrogens with zero attached hydrogens (tertiary/aromatic N) is 2. The molecule has 6 heteroatoms. The molecule has 98 valence electrons. The third kappa shape index (κ3) is 3.08. The van der Waals surface area contributed by atoms with Crippen LogP contribution in [0.2, 0.25) is 0 Å². The molecule has 0 aliphatic carbocycles. The lowest BCUT2D eigenvalue weighted by Crippen LogP contribution is -2.55. The van der Waals surface area contributed by atoms with Crippen LogP contribution in [0.1, 0.15) is 25.7 Å². The fraction of sp³-hybridized carbons (Fsp3) is 0.909. The van der Waals surface area contributed by atoms with Crippen molar-refractivity contribution in [2.24, 2.45) is 10.9 Å². The highest BCUT2D eigenvalue weighted by Crippen LogP contribution is 2.33. The maximum Gasteiger partial charge on any atom is 0.153 e. The largest absolute Gasteiger partial charge is 0.409 e. The molecule has 0 amide bonds. The van der Waals surface area contributed by atoms with Gasteiger partial charge in [-0.1, -0.05) is 5.16 Å². The van der Waals surface area contributed by atoms with E-state index in [1.807, 2.05) is 0 Å². The number of aliphatic hydroxyl groups excluding tert-OH is 1. The summed E-state index contributed by atoms with van der Waals surface area (Å²) in [6.45, 7) is 2.76. The monoisotopic (exact) mass is 243 g/mol. The van der Waals surface area contributed by atoms with Crippen molar-refractivity contribution >= 4 is 5.84 Å². The maximum atomic E-state index is 9.75. The highest BCUT2D eigenvalue weighted by Gasteiger charge is 2.40. The van der Waals surface area contributed by atoms with Gasteiger partial charge in [-0.15, -0.1) is 0 Å². The van der Waals surface area contributed by atoms with Crippen molar-refractivity contribution in [3.8, 4) is 0 Å². The molecule has 1 spiro atoms. The van der Waals surface area contributed by atoms with Gasteiger partial charge in [0.2, 0.25) is 0 Å². The van der Waals surface area contributed by atoms with Gasteiger partial charge >= 0.3 is 0 Å². The molecule has 2 aliphatic heterocycles. The van der Waals surface area contributed by atoms with Crippen LogP contribution >= 0.6 is 0 Å². The summed E-state index contributed by atoms with van der Waals surface area (Å²) >= 11 is 0. The molecule has 2 aliphatic rings. The Kier molecular flexibility index (Phi) is 3.86. The topological polar surface area (TPSA) is 91.3 Å². The van der Waals surface area contributed by atoms with Crippen LogP contribution in [-0.2, 0) is 4.74 Å². The van der Waals surface area contributed by atoms with Crippen LogP contribution in [0.4, 0.5) is 0 Å². The summed E-state index contributed by atoms with van der Waals surface area (Å²) < 4.78 is 5.88. The molecule has 0 aromatic carbocycles. The summed E-state index contributed by atoms with van der Waals surface area (Å²) in [6.07, 6.45) is 3.16. The van der Waals surface area contributed by atoms with Gasteiger partial charge in [-0.25, -0.2) is 0 Å². The molecule has 2 rings (SSSR count). The van der Waals surface area contributed by atoms with Gasteiger partial charge in [-0.05, 0) is 25.8 Å². The molecule has 17 heavy (non-hydrogen) atoms. The lowest BCUT2D eigenvalue weighted by molar-refractivity contribution is -0.145. The number of hydrogen-bond donors (Lipinski definition) is 3. The van der Waals surface area contributed by atoms with Gasteiger partial charge < -0.3 is 20.8 Å². The average Bonchev–Trinajstić information content (AvgIpc) is 2.28. The minimum atomic E-state index is -0.257. The van der Waals surface area contributed by atoms with Crippen LogP contribution in [0, 0.1) is 0 Å². The van der Waals surface area contributed by atoms with E-state index in [9.17, 15) is 5.11 Å². The Morgan fingerprint density at radius 3 is 3.12 bits per heavy atom. The highest BCUT2D eigenvalue weighted by molar-refractivity contribution is 5.81. The molecule has 2 heterocycles. The Balaban J connectivity index is 1.96. The van der Waals surface area contributed by atoms with Gasteiger partial charge in [0.1, 0.15) is 0 Å². The van der Waals surface area contributed by atoms with E-state index in [2.05, 4.69) is 10.1 Å². The SMILES string of the molecule is N/C(CN1CCCC2(CC(O)CCO2)C1)=N\O. The number of hydrogen-bond acceptors (Lipinski definition) is 5. The van der Waals surface area contributed by atoms with E-state index in [0.717, 1.165) is 32.4 Å². The van der Waals surface area contributed by atoms with Crippen LogP contribution < -0.4 is 5.73 Å². The quantitative estimate of drug-likeness (QED) is 0.269. The second-order valence-electron chi connectivity index (χ2n) is 5.08. The number of nitrogens with two attached hydrogens (primary N) is 1. The predicted molar refractivity (Wildman–Crippen MR) is 63.0 cm³/mol. The number of ether oxygens (including phenoxy) is 1. The number of rotatable bonds is 2. The lowest BCUT2D eigenvalue weighted by atomic mass is 9.84. The standard InChI is InChI=1S/C11H21N3O3/c12-10(13-16)7-14-4-1-3-11(8-14)6-9(15)2-5-17-11/h9,15-16H,1-8H2,(H2,12,13). The van der Waals surface area contributed by atoms with Crippen molar-refractivity contribution < 1.29 is 15.1 Å². The molecular weight excluding hydrogens is 222 g/mol. The molecule has 0 aromatic rings. The van der Waals surface area contributed by atoms with E-state index in [1.54, 1.807) is 0 Å². The molecule has 0 saturated carbocycles. The summed E-state index contributed by atoms with van der Waals surface area (Å²) in [5.41, 5.74) is 5.29. The number of amidine groups is 1. The highest BCUT2D eigenvalue weighted by atomic mass is 16.5. The third-order valence-corrected chi connectivity index (χ3v) is 3.60. The van der Waals surface area contributed by atoms with Gasteiger partial charge in [-0.3, -0.25) is 4.90 Å². The number of aliphatic hydroxyl groups is 1. The molecule has 4 N–H and O–H groups in total. The Hall–Kier alpha value is -0.850. The minimum absolute atomic E-state index is 0.221. The second kappa shape index (κ2) is 5.20. The van der Waals surface area contributed by atoms with Crippen molar-refractivity contribution in [1.82, 2.24) is 4.90 Å². The maximum absolute atomic E-state index is 9.75. The Bertz CT molecular complexity index is 294. The summed E-state index contributed by atoms with van der Waals surface area (Å²) in [6, 6.07) is 0. The zero-order valence-corrected chi connectivity index (χ0v) is 10.0. The zero-order valence-electron chi connectivity index (χ0n) is 10.0. The van der Waals surface area contributed by atoms with Crippen LogP contribution in [0.15, 0.2) is 5.16 Å². The van der Waals surface area contributed by atoms with Gasteiger partial charge in [0.05, 0.1) is 18.2 Å². The first-order valence-corrected chi connectivity index (χ1v) is 6.14. The normalized spacial score (nSPS) is 36.3. The smallest absolute Gasteiger partial charge is 0.153 e. The Labute approximate surface area is 101 Å². The predicted octanol–water partition coefficient (Wildman–Crippen LogP) is -0.261. The van der Waals surface area contributed by atoms with Crippen molar-refractivity contribution in [3.05, 3.63) is 0 Å². The van der Waals surface area contributed by atoms with E-state index in [1.165, 1.54) is 0 Å². The molecule has 0 bridgehead atoms. The molecule has 0 aromatic heterocycles. The first-order valence-electron chi connectivity index (χ1n) is 6.14. The first kappa shape index (κ1) is 12.6. The van der Waals surface area contributed by atoms with E-state index in [4.69, 9.17) is 15.7 Å². The first-order chi connectivity index (χ1) is 8.13. The van der Waals surface area contributed by atoms with Gasteiger partial charge in [-0.2, -0.15) is 0 Å². The van der Waals surface area contributed by atoms with Crippen LogP contribution in [0.3, 0.4) is 0 Å².